The lowest BCUT2D eigenvalue weighted by Crippen LogP contribution is -2.13. The summed E-state index contributed by atoms with van der Waals surface area (Å²) in [7, 11) is 4.58. The minimum atomic E-state index is -0.845. The van der Waals surface area contributed by atoms with Crippen molar-refractivity contribution in [2.45, 2.75) is 0 Å². The molecular weight excluding hydrogens is 472 g/mol. The van der Waals surface area contributed by atoms with Gasteiger partial charge in [-0.05, 0) is 35.4 Å². The number of aromatic hydroxyl groups is 2. The Balaban J connectivity index is 2.23. The summed E-state index contributed by atoms with van der Waals surface area (Å²) >= 11 is 0. The van der Waals surface area contributed by atoms with Crippen molar-refractivity contribution >= 4 is 23.9 Å². The van der Waals surface area contributed by atoms with Crippen molar-refractivity contribution in [3.63, 3.8) is 0 Å². The van der Waals surface area contributed by atoms with Gasteiger partial charge in [-0.1, -0.05) is 24.3 Å². The zero-order valence-corrected chi connectivity index (χ0v) is 19.8. The van der Waals surface area contributed by atoms with Crippen LogP contribution in [0.4, 0.5) is 0 Å². The van der Waals surface area contributed by atoms with E-state index in [2.05, 4.69) is 0 Å². The molecule has 0 heterocycles. The lowest BCUT2D eigenvalue weighted by molar-refractivity contribution is 0.0555. The highest BCUT2D eigenvalue weighted by Gasteiger charge is 2.26. The molecule has 0 bridgehead atoms. The minimum Gasteiger partial charge on any atom is -0.508 e. The monoisotopic (exact) mass is 494 g/mol. The predicted octanol–water partition coefficient (Wildman–Crippen LogP) is 3.58. The number of phenolic OH excluding ortho intramolecular Hbond substituents is 2. The summed E-state index contributed by atoms with van der Waals surface area (Å²) in [5, 5.41) is 20.4. The molecule has 3 rings (SSSR count). The summed E-state index contributed by atoms with van der Waals surface area (Å²) in [6, 6.07) is 11.0. The van der Waals surface area contributed by atoms with Crippen LogP contribution in [-0.4, -0.2) is 62.5 Å². The maximum atomic E-state index is 12.5. The zero-order valence-electron chi connectivity index (χ0n) is 19.8. The topological polar surface area (TPSA) is 146 Å². The van der Waals surface area contributed by atoms with Crippen molar-refractivity contribution in [3.05, 3.63) is 70.8 Å². The molecule has 3 aromatic carbocycles. The molecule has 0 aromatic heterocycles. The van der Waals surface area contributed by atoms with Crippen LogP contribution in [0.25, 0.3) is 22.3 Å². The van der Waals surface area contributed by atoms with Gasteiger partial charge in [-0.3, -0.25) is 0 Å². The quantitative estimate of drug-likeness (QED) is 0.385. The number of carbonyl (C=O) groups is 4. The number of phenols is 2. The SMILES string of the molecule is COC(=O)c1cc(O)cc(-c2ccc(-c3cc(O)cc(C(=O)OC)c3C(=O)OC)cc2)c1C(=O)OC. The van der Waals surface area contributed by atoms with Gasteiger partial charge in [-0.25, -0.2) is 19.2 Å². The molecule has 0 fully saturated rings. The molecule has 10 heteroatoms. The van der Waals surface area contributed by atoms with Crippen molar-refractivity contribution in [2.75, 3.05) is 28.4 Å². The van der Waals surface area contributed by atoms with Gasteiger partial charge >= 0.3 is 23.9 Å². The molecule has 0 amide bonds. The number of esters is 4. The fraction of sp³-hybridized carbons (Fsp3) is 0.154. The van der Waals surface area contributed by atoms with Crippen molar-refractivity contribution in [1.82, 2.24) is 0 Å². The second-order valence-corrected chi connectivity index (χ2v) is 7.38. The standard InChI is InChI=1S/C26H22O10/c1-33-23(29)19-11-15(27)9-17(21(19)25(31)35-3)13-5-7-14(8-6-13)18-10-16(28)12-20(24(30)34-2)22(18)26(32)36-4/h5-12,27-28H,1-4H3. The fourth-order valence-electron chi connectivity index (χ4n) is 3.72. The Morgan fingerprint density at radius 3 is 1.11 bits per heavy atom. The Kier molecular flexibility index (Phi) is 7.58. The smallest absolute Gasteiger partial charge is 0.339 e. The average molecular weight is 494 g/mol. The molecule has 0 saturated heterocycles. The normalized spacial score (nSPS) is 10.3. The molecule has 0 radical (unpaired) electrons. The first kappa shape index (κ1) is 25.8. The van der Waals surface area contributed by atoms with Gasteiger partial charge in [-0.15, -0.1) is 0 Å². The van der Waals surface area contributed by atoms with Crippen molar-refractivity contribution < 1.29 is 48.3 Å². The van der Waals surface area contributed by atoms with Gasteiger partial charge in [0.15, 0.2) is 0 Å². The molecular formula is C26H22O10. The van der Waals surface area contributed by atoms with E-state index in [1.165, 1.54) is 12.1 Å². The second kappa shape index (κ2) is 10.6. The molecule has 36 heavy (non-hydrogen) atoms. The first-order chi connectivity index (χ1) is 17.2. The first-order valence-electron chi connectivity index (χ1n) is 10.3. The van der Waals surface area contributed by atoms with Crippen LogP contribution in [0, 0.1) is 0 Å². The third-order valence-corrected chi connectivity index (χ3v) is 5.34. The first-order valence-corrected chi connectivity index (χ1v) is 10.3. The highest BCUT2D eigenvalue weighted by atomic mass is 16.5. The summed E-state index contributed by atoms with van der Waals surface area (Å²) in [5.74, 6) is -3.91. The number of ether oxygens (including phenoxy) is 4. The third-order valence-electron chi connectivity index (χ3n) is 5.34. The van der Waals surface area contributed by atoms with E-state index in [1.54, 1.807) is 24.3 Å². The van der Waals surface area contributed by atoms with Gasteiger partial charge in [0.1, 0.15) is 11.5 Å². The highest BCUT2D eigenvalue weighted by Crippen LogP contribution is 2.36. The van der Waals surface area contributed by atoms with Crippen LogP contribution >= 0.6 is 0 Å². The molecule has 186 valence electrons. The van der Waals surface area contributed by atoms with E-state index in [4.69, 9.17) is 18.9 Å². The second-order valence-electron chi connectivity index (χ2n) is 7.38. The number of benzene rings is 3. The Morgan fingerprint density at radius 2 is 0.833 bits per heavy atom. The fourth-order valence-corrected chi connectivity index (χ4v) is 3.72. The van der Waals surface area contributed by atoms with E-state index in [1.807, 2.05) is 0 Å². The number of rotatable bonds is 6. The highest BCUT2D eigenvalue weighted by molar-refractivity contribution is 6.09. The molecule has 3 aromatic rings. The van der Waals surface area contributed by atoms with Crippen LogP contribution in [0.2, 0.25) is 0 Å². The van der Waals surface area contributed by atoms with E-state index >= 15 is 0 Å². The number of hydrogen-bond donors (Lipinski definition) is 2. The average Bonchev–Trinajstić information content (AvgIpc) is 2.90. The number of methoxy groups -OCH3 is 4. The van der Waals surface area contributed by atoms with E-state index in [0.29, 0.717) is 11.1 Å². The van der Waals surface area contributed by atoms with Gasteiger partial charge in [-0.2, -0.15) is 0 Å². The zero-order chi connectivity index (χ0) is 26.6. The van der Waals surface area contributed by atoms with E-state index < -0.39 is 23.9 Å². The molecule has 0 aliphatic heterocycles. The molecule has 0 aliphatic rings. The van der Waals surface area contributed by atoms with Gasteiger partial charge in [0.25, 0.3) is 0 Å². The Bertz CT molecular complexity index is 1250. The third kappa shape index (κ3) is 4.83. The number of carbonyl (C=O) groups excluding carboxylic acids is 4. The van der Waals surface area contributed by atoms with Crippen molar-refractivity contribution in [2.24, 2.45) is 0 Å². The van der Waals surface area contributed by atoms with Gasteiger partial charge in [0.05, 0.1) is 50.7 Å². The molecule has 0 spiro atoms. The summed E-state index contributed by atoms with van der Waals surface area (Å²) in [6.07, 6.45) is 0. The molecule has 10 nitrogen and oxygen atoms in total. The van der Waals surface area contributed by atoms with Crippen LogP contribution in [0.15, 0.2) is 48.5 Å². The molecule has 0 atom stereocenters. The van der Waals surface area contributed by atoms with Crippen LogP contribution < -0.4 is 0 Å². The Labute approximate surface area is 205 Å². The van der Waals surface area contributed by atoms with Crippen LogP contribution in [0.1, 0.15) is 41.4 Å². The summed E-state index contributed by atoms with van der Waals surface area (Å²) in [6.45, 7) is 0. The molecule has 0 unspecified atom stereocenters. The van der Waals surface area contributed by atoms with Gasteiger partial charge in [0.2, 0.25) is 0 Å². The number of hydrogen-bond acceptors (Lipinski definition) is 10. The van der Waals surface area contributed by atoms with E-state index in [9.17, 15) is 29.4 Å². The van der Waals surface area contributed by atoms with Crippen LogP contribution in [-0.2, 0) is 18.9 Å². The lowest BCUT2D eigenvalue weighted by Gasteiger charge is -2.15. The molecule has 2 N–H and O–H groups in total. The Hall–Kier alpha value is -4.86. The molecule has 0 aliphatic carbocycles. The summed E-state index contributed by atoms with van der Waals surface area (Å²) < 4.78 is 19.1. The Morgan fingerprint density at radius 1 is 0.528 bits per heavy atom. The largest absolute Gasteiger partial charge is 0.508 e. The predicted molar refractivity (Wildman–Crippen MR) is 126 cm³/mol. The lowest BCUT2D eigenvalue weighted by atomic mass is 9.91. The van der Waals surface area contributed by atoms with E-state index in [0.717, 1.165) is 40.6 Å². The van der Waals surface area contributed by atoms with Crippen molar-refractivity contribution in [1.29, 1.82) is 0 Å². The van der Waals surface area contributed by atoms with Crippen molar-refractivity contribution in [3.8, 4) is 33.8 Å². The molecule has 0 saturated carbocycles. The summed E-state index contributed by atoms with van der Waals surface area (Å²) in [4.78, 5) is 49.6. The van der Waals surface area contributed by atoms with Crippen LogP contribution in [0.3, 0.4) is 0 Å². The van der Waals surface area contributed by atoms with E-state index in [-0.39, 0.29) is 44.9 Å². The van der Waals surface area contributed by atoms with Crippen LogP contribution in [0.5, 0.6) is 11.5 Å². The maximum absolute atomic E-state index is 12.5. The minimum absolute atomic E-state index is 0.115. The summed E-state index contributed by atoms with van der Waals surface area (Å²) in [5.41, 5.74) is 0.591. The maximum Gasteiger partial charge on any atom is 0.339 e. The van der Waals surface area contributed by atoms with Gasteiger partial charge < -0.3 is 29.2 Å². The van der Waals surface area contributed by atoms with Gasteiger partial charge in [0, 0.05) is 11.1 Å².